The highest BCUT2D eigenvalue weighted by molar-refractivity contribution is 7.92. The minimum absolute atomic E-state index is 0.0745. The van der Waals surface area contributed by atoms with E-state index in [9.17, 15) is 13.2 Å². The molecular weight excluding hydrogens is 290 g/mol. The third-order valence-corrected chi connectivity index (χ3v) is 4.86. The van der Waals surface area contributed by atoms with Gasteiger partial charge in [-0.3, -0.25) is 9.10 Å². The molecule has 0 fully saturated rings. The first kappa shape index (κ1) is 17.5. The van der Waals surface area contributed by atoms with Gasteiger partial charge in [0.1, 0.15) is 6.54 Å². The summed E-state index contributed by atoms with van der Waals surface area (Å²) in [6, 6.07) is 5.32. The lowest BCUT2D eigenvalue weighted by atomic mass is 10.1. The van der Waals surface area contributed by atoms with E-state index in [1.165, 1.54) is 0 Å². The zero-order valence-electron chi connectivity index (χ0n) is 13.2. The van der Waals surface area contributed by atoms with Gasteiger partial charge in [0.25, 0.3) is 0 Å². The van der Waals surface area contributed by atoms with Crippen LogP contribution in [0.4, 0.5) is 5.69 Å². The molecule has 0 aliphatic heterocycles. The average Bonchev–Trinajstić information content (AvgIpc) is 2.38. The summed E-state index contributed by atoms with van der Waals surface area (Å²) in [5.74, 6) is -0.630. The van der Waals surface area contributed by atoms with Crippen LogP contribution in [0, 0.1) is 13.8 Å². The van der Waals surface area contributed by atoms with Crippen molar-refractivity contribution in [1.82, 2.24) is 0 Å². The van der Waals surface area contributed by atoms with Crippen LogP contribution in [-0.4, -0.2) is 32.8 Å². The molecule has 0 aliphatic carbocycles. The van der Waals surface area contributed by atoms with Crippen LogP contribution in [0.15, 0.2) is 18.2 Å². The van der Waals surface area contributed by atoms with Crippen LogP contribution in [0.1, 0.15) is 31.9 Å². The molecule has 0 spiro atoms. The summed E-state index contributed by atoms with van der Waals surface area (Å²) in [6.07, 6.45) is -0.275. The van der Waals surface area contributed by atoms with E-state index < -0.39 is 16.0 Å². The molecule has 118 valence electrons. The molecule has 0 radical (unpaired) electrons. The highest BCUT2D eigenvalue weighted by Crippen LogP contribution is 2.22. The topological polar surface area (TPSA) is 63.7 Å². The van der Waals surface area contributed by atoms with Crippen molar-refractivity contribution in [3.63, 3.8) is 0 Å². The Morgan fingerprint density at radius 1 is 1.24 bits per heavy atom. The fraction of sp³-hybridized carbons (Fsp3) is 0.533. The Morgan fingerprint density at radius 3 is 2.33 bits per heavy atom. The lowest BCUT2D eigenvalue weighted by Gasteiger charge is -2.24. The highest BCUT2D eigenvalue weighted by Gasteiger charge is 2.24. The minimum atomic E-state index is -3.54. The molecule has 0 N–H and O–H groups in total. The maximum atomic E-state index is 12.2. The molecule has 0 unspecified atom stereocenters. The Labute approximate surface area is 127 Å². The summed E-state index contributed by atoms with van der Waals surface area (Å²) < 4.78 is 30.6. The Balaban J connectivity index is 3.14. The van der Waals surface area contributed by atoms with Gasteiger partial charge >= 0.3 is 5.97 Å². The van der Waals surface area contributed by atoms with Crippen LogP contribution in [-0.2, 0) is 19.6 Å². The van der Waals surface area contributed by atoms with Crippen molar-refractivity contribution >= 4 is 21.7 Å². The number of rotatable bonds is 6. The number of ether oxygens (including phenoxy) is 1. The fourth-order valence-corrected chi connectivity index (χ4v) is 2.85. The first-order valence-corrected chi connectivity index (χ1v) is 8.55. The van der Waals surface area contributed by atoms with Crippen molar-refractivity contribution < 1.29 is 17.9 Å². The van der Waals surface area contributed by atoms with Crippen molar-refractivity contribution in [2.45, 2.75) is 40.7 Å². The van der Waals surface area contributed by atoms with E-state index >= 15 is 0 Å². The summed E-state index contributed by atoms with van der Waals surface area (Å²) in [6.45, 7) is 8.56. The minimum Gasteiger partial charge on any atom is -0.462 e. The predicted octanol–water partition coefficient (Wildman–Crippen LogP) is 2.41. The lowest BCUT2D eigenvalue weighted by molar-refractivity contribution is -0.145. The number of carbonyl (C=O) groups is 1. The van der Waals surface area contributed by atoms with Crippen molar-refractivity contribution in [3.05, 3.63) is 29.3 Å². The Kier molecular flexibility index (Phi) is 5.78. The van der Waals surface area contributed by atoms with Crippen LogP contribution in [0.2, 0.25) is 0 Å². The maximum absolute atomic E-state index is 12.2. The number of hydrogen-bond donors (Lipinski definition) is 0. The van der Waals surface area contributed by atoms with Gasteiger partial charge in [0, 0.05) is 0 Å². The van der Waals surface area contributed by atoms with E-state index in [4.69, 9.17) is 4.74 Å². The summed E-state index contributed by atoms with van der Waals surface area (Å²) in [7, 11) is -3.54. The second-order valence-electron chi connectivity index (χ2n) is 5.21. The van der Waals surface area contributed by atoms with Crippen LogP contribution in [0.3, 0.4) is 0 Å². The Bertz CT molecular complexity index is 608. The van der Waals surface area contributed by atoms with Crippen molar-refractivity contribution in [1.29, 1.82) is 0 Å². The monoisotopic (exact) mass is 313 g/mol. The van der Waals surface area contributed by atoms with Gasteiger partial charge in [0.2, 0.25) is 10.0 Å². The van der Waals surface area contributed by atoms with Crippen LogP contribution >= 0.6 is 0 Å². The molecule has 0 aromatic heterocycles. The molecule has 0 amide bonds. The number of nitrogens with zero attached hydrogens (tertiary/aromatic N) is 1. The first-order chi connectivity index (χ1) is 9.67. The number of anilines is 1. The van der Waals surface area contributed by atoms with Gasteiger partial charge in [0.15, 0.2) is 0 Å². The van der Waals surface area contributed by atoms with E-state index in [1.54, 1.807) is 32.9 Å². The smallest absolute Gasteiger partial charge is 0.327 e. The van der Waals surface area contributed by atoms with Gasteiger partial charge in [0.05, 0.1) is 17.5 Å². The van der Waals surface area contributed by atoms with Gasteiger partial charge in [-0.25, -0.2) is 8.42 Å². The number of esters is 1. The van der Waals surface area contributed by atoms with Crippen LogP contribution in [0.25, 0.3) is 0 Å². The third-order valence-electron chi connectivity index (χ3n) is 3.12. The molecule has 0 saturated carbocycles. The van der Waals surface area contributed by atoms with Gasteiger partial charge in [-0.2, -0.15) is 0 Å². The molecule has 1 rings (SSSR count). The zero-order valence-corrected chi connectivity index (χ0v) is 14.0. The molecule has 5 nitrogen and oxygen atoms in total. The average molecular weight is 313 g/mol. The highest BCUT2D eigenvalue weighted by atomic mass is 32.2. The molecule has 1 aromatic rings. The molecule has 0 heterocycles. The fourth-order valence-electron chi connectivity index (χ4n) is 1.80. The molecule has 6 heteroatoms. The quantitative estimate of drug-likeness (QED) is 0.757. The molecule has 0 atom stereocenters. The molecule has 0 saturated heterocycles. The van der Waals surface area contributed by atoms with E-state index in [1.807, 2.05) is 19.9 Å². The second kappa shape index (κ2) is 6.93. The third kappa shape index (κ3) is 4.74. The van der Waals surface area contributed by atoms with Crippen molar-refractivity contribution in [2.75, 3.05) is 16.6 Å². The lowest BCUT2D eigenvalue weighted by Crippen LogP contribution is -2.38. The zero-order chi connectivity index (χ0) is 16.2. The van der Waals surface area contributed by atoms with Gasteiger partial charge in [-0.1, -0.05) is 6.07 Å². The number of aryl methyl sites for hydroxylation is 2. The van der Waals surface area contributed by atoms with Crippen molar-refractivity contribution in [2.24, 2.45) is 0 Å². The molecule has 21 heavy (non-hydrogen) atoms. The van der Waals surface area contributed by atoms with E-state index in [0.29, 0.717) is 5.69 Å². The Morgan fingerprint density at radius 2 is 1.86 bits per heavy atom. The maximum Gasteiger partial charge on any atom is 0.327 e. The Hall–Kier alpha value is -1.56. The number of benzene rings is 1. The van der Waals surface area contributed by atoms with E-state index in [0.717, 1.165) is 15.4 Å². The molecule has 1 aromatic carbocycles. The number of hydrogen-bond acceptors (Lipinski definition) is 4. The summed E-state index contributed by atoms with van der Waals surface area (Å²) >= 11 is 0. The predicted molar refractivity (Wildman–Crippen MR) is 84.0 cm³/mol. The SMILES string of the molecule is CCS(=O)(=O)N(CC(=O)OC(C)C)c1ccc(C)c(C)c1. The largest absolute Gasteiger partial charge is 0.462 e. The van der Waals surface area contributed by atoms with Crippen LogP contribution in [0.5, 0.6) is 0 Å². The van der Waals surface area contributed by atoms with Crippen LogP contribution < -0.4 is 4.31 Å². The molecule has 0 bridgehead atoms. The van der Waals surface area contributed by atoms with E-state index in [2.05, 4.69) is 0 Å². The number of sulfonamides is 1. The summed E-state index contributed by atoms with van der Waals surface area (Å²) in [4.78, 5) is 11.8. The summed E-state index contributed by atoms with van der Waals surface area (Å²) in [5.41, 5.74) is 2.53. The van der Waals surface area contributed by atoms with Gasteiger partial charge in [-0.05, 0) is 57.9 Å². The standard InChI is InChI=1S/C15H23NO4S/c1-6-21(18,19)16(10-15(17)20-11(2)3)14-8-7-12(4)13(5)9-14/h7-9,11H,6,10H2,1-5H3. The van der Waals surface area contributed by atoms with E-state index in [-0.39, 0.29) is 18.4 Å². The number of carbonyl (C=O) groups excluding carboxylic acids is 1. The van der Waals surface area contributed by atoms with Gasteiger partial charge in [-0.15, -0.1) is 0 Å². The normalized spacial score (nSPS) is 11.5. The van der Waals surface area contributed by atoms with Gasteiger partial charge < -0.3 is 4.74 Å². The molecular formula is C15H23NO4S. The second-order valence-corrected chi connectivity index (χ2v) is 7.40. The summed E-state index contributed by atoms with van der Waals surface area (Å²) in [5, 5.41) is 0. The molecule has 0 aliphatic rings. The first-order valence-electron chi connectivity index (χ1n) is 6.94. The van der Waals surface area contributed by atoms with Crippen molar-refractivity contribution in [3.8, 4) is 0 Å².